The lowest BCUT2D eigenvalue weighted by Gasteiger charge is -2.31. The minimum absolute atomic E-state index is 0.0738. The molecule has 3 rings (SSSR count). The van der Waals surface area contributed by atoms with Crippen LogP contribution in [0.5, 0.6) is 11.5 Å². The molecule has 0 atom stereocenters. The van der Waals surface area contributed by atoms with Gasteiger partial charge in [0.25, 0.3) is 10.0 Å². The molecule has 0 spiro atoms. The Morgan fingerprint density at radius 2 is 1.69 bits per heavy atom. The van der Waals surface area contributed by atoms with Gasteiger partial charge in [-0.25, -0.2) is 8.42 Å². The summed E-state index contributed by atoms with van der Waals surface area (Å²) in [4.78, 5) is 1.53. The molecule has 11 heteroatoms. The maximum atomic E-state index is 13.0. The molecule has 1 fully saturated rings. The highest BCUT2D eigenvalue weighted by molar-refractivity contribution is 7.92. The molecule has 1 aliphatic rings. The molecule has 0 amide bonds. The molecular formula is C21H25F3N2O5S. The smallest absolute Gasteiger partial charge is 0.416 e. The van der Waals surface area contributed by atoms with E-state index in [2.05, 4.69) is 4.72 Å². The molecule has 32 heavy (non-hydrogen) atoms. The zero-order chi connectivity index (χ0) is 23.4. The van der Waals surface area contributed by atoms with E-state index >= 15 is 0 Å². The van der Waals surface area contributed by atoms with Crippen molar-refractivity contribution in [3.05, 3.63) is 42.0 Å². The highest BCUT2D eigenvalue weighted by Gasteiger charge is 2.32. The van der Waals surface area contributed by atoms with Gasteiger partial charge in [0.05, 0.1) is 48.3 Å². The largest absolute Gasteiger partial charge is 0.492 e. The van der Waals surface area contributed by atoms with Crippen molar-refractivity contribution in [2.24, 2.45) is 0 Å². The maximum absolute atomic E-state index is 13.0. The van der Waals surface area contributed by atoms with Crippen molar-refractivity contribution in [3.63, 3.8) is 0 Å². The highest BCUT2D eigenvalue weighted by Crippen LogP contribution is 2.40. The normalized spacial score (nSPS) is 14.8. The van der Waals surface area contributed by atoms with Crippen LogP contribution >= 0.6 is 0 Å². The van der Waals surface area contributed by atoms with Gasteiger partial charge in [0.2, 0.25) is 0 Å². The van der Waals surface area contributed by atoms with Crippen LogP contribution < -0.4 is 19.1 Å². The third kappa shape index (κ3) is 5.57. The summed E-state index contributed by atoms with van der Waals surface area (Å²) in [7, 11) is -4.33. The van der Waals surface area contributed by atoms with E-state index in [4.69, 9.17) is 14.2 Å². The van der Waals surface area contributed by atoms with E-state index in [1.54, 1.807) is 19.9 Å². The zero-order valence-corrected chi connectivity index (χ0v) is 18.6. The minimum atomic E-state index is -4.66. The summed E-state index contributed by atoms with van der Waals surface area (Å²) < 4.78 is 84.0. The Morgan fingerprint density at radius 3 is 2.31 bits per heavy atom. The number of alkyl halides is 3. The molecule has 1 heterocycles. The van der Waals surface area contributed by atoms with Crippen LogP contribution in [0.1, 0.15) is 19.4 Å². The minimum Gasteiger partial charge on any atom is -0.492 e. The Bertz CT molecular complexity index is 1040. The lowest BCUT2D eigenvalue weighted by atomic mass is 10.2. The molecule has 1 saturated heterocycles. The fraction of sp³-hybridized carbons (Fsp3) is 0.429. The Morgan fingerprint density at radius 1 is 1.03 bits per heavy atom. The fourth-order valence-corrected chi connectivity index (χ4v) is 4.38. The van der Waals surface area contributed by atoms with Crippen molar-refractivity contribution in [2.45, 2.75) is 24.9 Å². The zero-order valence-electron chi connectivity index (χ0n) is 17.7. The molecule has 0 radical (unpaired) electrons. The Balaban J connectivity index is 2.01. The first kappa shape index (κ1) is 24.0. The van der Waals surface area contributed by atoms with Crippen LogP contribution in [0.2, 0.25) is 0 Å². The number of anilines is 2. The van der Waals surface area contributed by atoms with Gasteiger partial charge in [-0.1, -0.05) is 6.07 Å². The number of rotatable bonds is 8. The van der Waals surface area contributed by atoms with Gasteiger partial charge in [-0.3, -0.25) is 4.72 Å². The van der Waals surface area contributed by atoms with Crippen LogP contribution in [-0.2, 0) is 20.9 Å². The summed E-state index contributed by atoms with van der Waals surface area (Å²) in [6.45, 7) is 6.47. The first-order valence-electron chi connectivity index (χ1n) is 10.1. The standard InChI is InChI=1S/C21H25F3N2O5S/c1-3-30-19-14-18(26-8-10-29-11-9-26)20(31-4-2)13-17(19)25-32(27,28)16-7-5-6-15(12-16)21(22,23)24/h5-7,12-14,25H,3-4,8-11H2,1-2H3. The van der Waals surface area contributed by atoms with Gasteiger partial charge in [0, 0.05) is 25.2 Å². The molecule has 0 bridgehead atoms. The van der Waals surface area contributed by atoms with E-state index < -0.39 is 26.7 Å². The first-order valence-corrected chi connectivity index (χ1v) is 11.6. The van der Waals surface area contributed by atoms with Crippen molar-refractivity contribution in [1.82, 2.24) is 0 Å². The number of ether oxygens (including phenoxy) is 3. The second kappa shape index (κ2) is 9.86. The average molecular weight is 475 g/mol. The summed E-state index contributed by atoms with van der Waals surface area (Å²) in [5.41, 5.74) is -0.256. The van der Waals surface area contributed by atoms with Gasteiger partial charge in [-0.2, -0.15) is 13.2 Å². The average Bonchev–Trinajstić information content (AvgIpc) is 2.75. The summed E-state index contributed by atoms with van der Waals surface area (Å²) >= 11 is 0. The van der Waals surface area contributed by atoms with E-state index in [9.17, 15) is 21.6 Å². The van der Waals surface area contributed by atoms with Crippen molar-refractivity contribution in [3.8, 4) is 11.5 Å². The van der Waals surface area contributed by atoms with E-state index in [1.807, 2.05) is 4.90 Å². The summed E-state index contributed by atoms with van der Waals surface area (Å²) in [5.74, 6) is 0.674. The summed E-state index contributed by atoms with van der Waals surface area (Å²) in [5, 5.41) is 0. The Labute approximate surface area is 185 Å². The highest BCUT2D eigenvalue weighted by atomic mass is 32.2. The van der Waals surface area contributed by atoms with Crippen LogP contribution in [0.15, 0.2) is 41.3 Å². The first-order chi connectivity index (χ1) is 15.2. The Kier molecular flexibility index (Phi) is 7.40. The number of halogens is 3. The summed E-state index contributed by atoms with van der Waals surface area (Å²) in [6.07, 6.45) is -4.66. The summed E-state index contributed by atoms with van der Waals surface area (Å²) in [6, 6.07) is 6.72. The van der Waals surface area contributed by atoms with E-state index in [0.717, 1.165) is 23.9 Å². The van der Waals surface area contributed by atoms with Crippen LogP contribution in [0.25, 0.3) is 0 Å². The number of benzene rings is 2. The lowest BCUT2D eigenvalue weighted by molar-refractivity contribution is -0.137. The van der Waals surface area contributed by atoms with Crippen molar-refractivity contribution >= 4 is 21.4 Å². The molecule has 1 aliphatic heterocycles. The van der Waals surface area contributed by atoms with E-state index in [0.29, 0.717) is 44.7 Å². The van der Waals surface area contributed by atoms with Gasteiger partial charge >= 0.3 is 6.18 Å². The molecule has 0 aromatic heterocycles. The molecule has 176 valence electrons. The number of hydrogen-bond acceptors (Lipinski definition) is 6. The van der Waals surface area contributed by atoms with Gasteiger partial charge in [0.15, 0.2) is 0 Å². The molecule has 2 aromatic carbocycles. The van der Waals surface area contributed by atoms with E-state index in [1.165, 1.54) is 6.07 Å². The molecule has 7 nitrogen and oxygen atoms in total. The van der Waals surface area contributed by atoms with E-state index in [-0.39, 0.29) is 18.0 Å². The lowest BCUT2D eigenvalue weighted by Crippen LogP contribution is -2.36. The fourth-order valence-electron chi connectivity index (χ4n) is 3.27. The van der Waals surface area contributed by atoms with Gasteiger partial charge < -0.3 is 19.1 Å². The van der Waals surface area contributed by atoms with Crippen LogP contribution in [-0.4, -0.2) is 47.9 Å². The number of nitrogens with one attached hydrogen (secondary N) is 1. The second-order valence-electron chi connectivity index (χ2n) is 6.91. The van der Waals surface area contributed by atoms with Crippen LogP contribution in [0.3, 0.4) is 0 Å². The molecule has 1 N–H and O–H groups in total. The van der Waals surface area contributed by atoms with Crippen molar-refractivity contribution in [2.75, 3.05) is 49.1 Å². The molecule has 0 saturated carbocycles. The predicted octanol–water partition coefficient (Wildman–Crippen LogP) is 4.14. The van der Waals surface area contributed by atoms with Gasteiger partial charge in [0.1, 0.15) is 11.5 Å². The number of sulfonamides is 1. The number of morpholine rings is 1. The second-order valence-corrected chi connectivity index (χ2v) is 8.60. The third-order valence-electron chi connectivity index (χ3n) is 4.73. The number of nitrogens with zero attached hydrogens (tertiary/aromatic N) is 1. The molecule has 0 unspecified atom stereocenters. The van der Waals surface area contributed by atoms with Crippen molar-refractivity contribution in [1.29, 1.82) is 0 Å². The predicted molar refractivity (Wildman–Crippen MR) is 114 cm³/mol. The topological polar surface area (TPSA) is 77.1 Å². The SMILES string of the molecule is CCOc1cc(N2CCOCC2)c(OCC)cc1NS(=O)(=O)c1cccc(C(F)(F)F)c1. The number of hydrogen-bond donors (Lipinski definition) is 1. The van der Waals surface area contributed by atoms with Gasteiger partial charge in [-0.15, -0.1) is 0 Å². The van der Waals surface area contributed by atoms with Crippen LogP contribution in [0.4, 0.5) is 24.5 Å². The van der Waals surface area contributed by atoms with Crippen LogP contribution in [0, 0.1) is 0 Å². The maximum Gasteiger partial charge on any atom is 0.416 e. The van der Waals surface area contributed by atoms with Gasteiger partial charge in [-0.05, 0) is 32.0 Å². The third-order valence-corrected chi connectivity index (χ3v) is 6.09. The monoisotopic (exact) mass is 474 g/mol. The quantitative estimate of drug-likeness (QED) is 0.620. The molecule has 2 aromatic rings. The molecular weight excluding hydrogens is 449 g/mol. The Hall–Kier alpha value is -2.66. The molecule has 0 aliphatic carbocycles. The van der Waals surface area contributed by atoms with Crippen molar-refractivity contribution < 1.29 is 35.8 Å².